The Bertz CT molecular complexity index is 709. The first kappa shape index (κ1) is 44.4. The summed E-state index contributed by atoms with van der Waals surface area (Å²) in [7, 11) is 0. The Balaban J connectivity index is 2.75. The molecule has 1 rings (SSSR count). The molecule has 6 unspecified atom stereocenters. The van der Waals surface area contributed by atoms with Crippen LogP contribution in [0.3, 0.4) is 0 Å². The molecule has 1 fully saturated rings. The highest BCUT2D eigenvalue weighted by molar-refractivity contribution is 14.1. The van der Waals surface area contributed by atoms with Crippen molar-refractivity contribution in [2.24, 2.45) is 35.5 Å². The van der Waals surface area contributed by atoms with E-state index in [2.05, 4.69) is 91.8 Å². The van der Waals surface area contributed by atoms with Crippen LogP contribution in [-0.2, 0) is 37.9 Å². The van der Waals surface area contributed by atoms with Gasteiger partial charge in [-0.15, -0.1) is 0 Å². The molecule has 1 aliphatic heterocycles. The Hall–Kier alpha value is 0.410. The topological polar surface area (TPSA) is 73.8 Å². The summed E-state index contributed by atoms with van der Waals surface area (Å²) in [5.41, 5.74) is 0. The second-order valence-corrected chi connectivity index (χ2v) is 17.1. The molecule has 0 aliphatic carbocycles. The first-order valence-corrected chi connectivity index (χ1v) is 19.4. The van der Waals surface area contributed by atoms with Gasteiger partial charge in [-0.3, -0.25) is 0 Å². The van der Waals surface area contributed by atoms with E-state index in [0.29, 0.717) is 98.9 Å². The van der Waals surface area contributed by atoms with Gasteiger partial charge in [0.2, 0.25) is 0 Å². The predicted octanol–water partition coefficient (Wildman–Crippen LogP) is 7.87. The van der Waals surface area contributed by atoms with Gasteiger partial charge in [-0.05, 0) is 55.8 Å². The largest absolute Gasteiger partial charge is 0.381 e. The summed E-state index contributed by atoms with van der Waals surface area (Å²) < 4.78 is 49.8. The molecule has 0 aromatic heterocycles. The summed E-state index contributed by atoms with van der Waals surface area (Å²) in [5, 5.41) is 0. The third kappa shape index (κ3) is 23.7. The van der Waals surface area contributed by atoms with Gasteiger partial charge in [-0.1, -0.05) is 91.8 Å². The van der Waals surface area contributed by atoms with Gasteiger partial charge in [0.25, 0.3) is 0 Å². The molecule has 1 saturated heterocycles. The van der Waals surface area contributed by atoms with Gasteiger partial charge in [-0.25, -0.2) is 0 Å². The first-order valence-electron chi connectivity index (χ1n) is 18.2. The molecule has 1 heterocycles. The average molecular weight is 773 g/mol. The van der Waals surface area contributed by atoms with Crippen LogP contribution in [0.15, 0.2) is 0 Å². The number of halogens is 1. The highest BCUT2D eigenvalue weighted by Crippen LogP contribution is 2.18. The average Bonchev–Trinajstić information content (AvgIpc) is 2.94. The molecule has 0 aromatic rings. The Labute approximate surface area is 297 Å². The van der Waals surface area contributed by atoms with Gasteiger partial charge in [0.05, 0.1) is 84.4 Å². The fourth-order valence-corrected chi connectivity index (χ4v) is 5.74. The maximum Gasteiger partial charge on any atom is 0.105 e. The normalized spacial score (nSPS) is 21.7. The molecule has 8 nitrogen and oxygen atoms in total. The van der Waals surface area contributed by atoms with Crippen LogP contribution in [0.25, 0.3) is 0 Å². The quantitative estimate of drug-likeness (QED) is 0.0589. The molecule has 0 N–H and O–H groups in total. The van der Waals surface area contributed by atoms with E-state index in [4.69, 9.17) is 37.9 Å². The number of alkyl halides is 1. The number of hydrogen-bond acceptors (Lipinski definition) is 8. The minimum absolute atomic E-state index is 0.0429. The lowest BCUT2D eigenvalue weighted by atomic mass is 10.00. The molecule has 0 saturated carbocycles. The first-order chi connectivity index (χ1) is 21.7. The molecule has 276 valence electrons. The van der Waals surface area contributed by atoms with Gasteiger partial charge >= 0.3 is 0 Å². The highest BCUT2D eigenvalue weighted by Gasteiger charge is 2.24. The Morgan fingerprint density at radius 3 is 1.70 bits per heavy atom. The third-order valence-electron chi connectivity index (χ3n) is 7.75. The second kappa shape index (κ2) is 26.3. The maximum atomic E-state index is 6.68. The van der Waals surface area contributed by atoms with E-state index in [-0.39, 0.29) is 30.5 Å². The van der Waals surface area contributed by atoms with Gasteiger partial charge in [0.15, 0.2) is 0 Å². The lowest BCUT2D eigenvalue weighted by molar-refractivity contribution is -0.163. The molecule has 46 heavy (non-hydrogen) atoms. The van der Waals surface area contributed by atoms with E-state index >= 15 is 0 Å². The minimum atomic E-state index is -0.214. The zero-order valence-electron chi connectivity index (χ0n) is 31.5. The number of rotatable bonds is 28. The van der Waals surface area contributed by atoms with E-state index in [9.17, 15) is 0 Å². The number of ether oxygens (including phenoxy) is 8. The number of hydrogen-bond donors (Lipinski definition) is 0. The second-order valence-electron chi connectivity index (χ2n) is 15.5. The molecule has 8 atom stereocenters. The molecule has 9 heteroatoms. The molecule has 0 amide bonds. The van der Waals surface area contributed by atoms with Crippen molar-refractivity contribution >= 4 is 22.6 Å². The molecular formula is C37H73IO8. The molecule has 1 aliphatic rings. The third-order valence-corrected chi connectivity index (χ3v) is 9.55. The van der Waals surface area contributed by atoms with Gasteiger partial charge in [0, 0.05) is 16.4 Å². The maximum absolute atomic E-state index is 6.68. The molecule has 0 bridgehead atoms. The summed E-state index contributed by atoms with van der Waals surface area (Å²) in [5.74, 6) is 3.13. The fourth-order valence-electron chi connectivity index (χ4n) is 5.53. The highest BCUT2D eigenvalue weighted by atomic mass is 127. The van der Waals surface area contributed by atoms with Crippen molar-refractivity contribution in [1.82, 2.24) is 0 Å². The molecule has 0 spiro atoms. The Morgan fingerprint density at radius 2 is 1.11 bits per heavy atom. The van der Waals surface area contributed by atoms with E-state index < -0.39 is 0 Å². The summed E-state index contributed by atoms with van der Waals surface area (Å²) in [4.78, 5) is 0. The van der Waals surface area contributed by atoms with Gasteiger partial charge < -0.3 is 37.9 Å². The zero-order chi connectivity index (χ0) is 34.5. The summed E-state index contributed by atoms with van der Waals surface area (Å²) >= 11 is 2.49. The van der Waals surface area contributed by atoms with Crippen molar-refractivity contribution in [3.05, 3.63) is 0 Å². The van der Waals surface area contributed by atoms with E-state index in [1.165, 1.54) is 6.42 Å². The minimum Gasteiger partial charge on any atom is -0.381 e. The van der Waals surface area contributed by atoms with Crippen molar-refractivity contribution < 1.29 is 37.9 Å². The van der Waals surface area contributed by atoms with Crippen LogP contribution in [0.4, 0.5) is 0 Å². The van der Waals surface area contributed by atoms with Gasteiger partial charge in [-0.2, -0.15) is 0 Å². The van der Waals surface area contributed by atoms with Gasteiger partial charge in [0.1, 0.15) is 12.2 Å². The zero-order valence-corrected chi connectivity index (χ0v) is 33.6. The summed E-state index contributed by atoms with van der Waals surface area (Å²) in [6.45, 7) is 30.9. The lowest BCUT2D eigenvalue weighted by Crippen LogP contribution is -2.39. The lowest BCUT2D eigenvalue weighted by Gasteiger charge is -2.30. The van der Waals surface area contributed by atoms with Crippen LogP contribution in [0.1, 0.15) is 95.4 Å². The van der Waals surface area contributed by atoms with Crippen molar-refractivity contribution in [2.45, 2.75) is 130 Å². The van der Waals surface area contributed by atoms with Crippen LogP contribution in [0.5, 0.6) is 0 Å². The van der Waals surface area contributed by atoms with E-state index in [1.54, 1.807) is 0 Å². The summed E-state index contributed by atoms with van der Waals surface area (Å²) in [6.07, 6.45) is 2.86. The summed E-state index contributed by atoms with van der Waals surface area (Å²) in [6, 6.07) is 0. The predicted molar refractivity (Wildman–Crippen MR) is 196 cm³/mol. The Kier molecular flexibility index (Phi) is 25.4. The van der Waals surface area contributed by atoms with E-state index in [1.807, 2.05) is 6.92 Å². The van der Waals surface area contributed by atoms with Crippen LogP contribution in [0.2, 0.25) is 0 Å². The fraction of sp³-hybridized carbons (Fsp3) is 1.00. The van der Waals surface area contributed by atoms with Crippen LogP contribution < -0.4 is 0 Å². The smallest absolute Gasteiger partial charge is 0.105 e. The Morgan fingerprint density at radius 1 is 0.587 bits per heavy atom. The van der Waals surface area contributed by atoms with Crippen LogP contribution in [0, 0.1) is 35.5 Å². The standard InChI is InChI=1S/C37H73IO8/c1-26(2)12-30(9)15-39-16-31(10)17-40-23-36(24-42-19-33(13-27(3)4)44-25-37(38)29(7)8)46-34(14-28(5)6)20-43-22-35-21-41-18-32(11)45-35/h26-37H,12-25H2,1-11H3/t30-,31+,32?,33?,34?,35?,36?,37?/m0/s1. The van der Waals surface area contributed by atoms with Crippen molar-refractivity contribution in [3.8, 4) is 0 Å². The van der Waals surface area contributed by atoms with E-state index in [0.717, 1.165) is 26.1 Å². The molecular weight excluding hydrogens is 699 g/mol. The molecule has 0 radical (unpaired) electrons. The molecule has 0 aromatic carbocycles. The van der Waals surface area contributed by atoms with Crippen molar-refractivity contribution in [2.75, 3.05) is 72.7 Å². The van der Waals surface area contributed by atoms with Crippen molar-refractivity contribution in [3.63, 3.8) is 0 Å². The van der Waals surface area contributed by atoms with Crippen molar-refractivity contribution in [1.29, 1.82) is 0 Å². The monoisotopic (exact) mass is 772 g/mol. The SMILES string of the molecule is CC(C)CC(COCC(COC[C@H](C)COC[C@@H](C)CC(C)C)OC(COCC1COCC(C)O1)CC(C)C)OCC(I)C(C)C. The van der Waals surface area contributed by atoms with Crippen LogP contribution in [-0.4, -0.2) is 107 Å². The van der Waals surface area contributed by atoms with Crippen LogP contribution >= 0.6 is 22.6 Å².